The van der Waals surface area contributed by atoms with Crippen LogP contribution in [-0.4, -0.2) is 29.5 Å². The van der Waals surface area contributed by atoms with Crippen molar-refractivity contribution in [2.75, 3.05) is 18.9 Å². The van der Waals surface area contributed by atoms with E-state index in [-0.39, 0.29) is 5.91 Å². The number of nitrogens with one attached hydrogen (secondary N) is 2. The molecule has 1 amide bonds. The van der Waals surface area contributed by atoms with Crippen molar-refractivity contribution >= 4 is 11.9 Å². The molecule has 5 heteroatoms. The normalized spacial score (nSPS) is 9.57. The van der Waals surface area contributed by atoms with Crippen molar-refractivity contribution in [1.29, 1.82) is 0 Å². The zero-order chi connectivity index (χ0) is 10.4. The van der Waals surface area contributed by atoms with Crippen molar-refractivity contribution < 1.29 is 4.79 Å². The van der Waals surface area contributed by atoms with E-state index in [0.717, 1.165) is 5.69 Å². The van der Waals surface area contributed by atoms with E-state index < -0.39 is 0 Å². The lowest BCUT2D eigenvalue weighted by atomic mass is 10.4. The molecule has 0 bridgehead atoms. The Morgan fingerprint density at radius 3 is 3.00 bits per heavy atom. The second-order valence-electron chi connectivity index (χ2n) is 2.87. The fourth-order valence-corrected chi connectivity index (χ4v) is 0.947. The summed E-state index contributed by atoms with van der Waals surface area (Å²) < 4.78 is 0. The molecule has 5 nitrogen and oxygen atoms in total. The molecule has 0 unspecified atom stereocenters. The number of carbonyl (C=O) groups excluding carboxylic acids is 1. The summed E-state index contributed by atoms with van der Waals surface area (Å²) in [5.41, 5.74) is 0.905. The van der Waals surface area contributed by atoms with Gasteiger partial charge in [0.05, 0.1) is 0 Å². The Labute approximate surface area is 83.0 Å². The first kappa shape index (κ1) is 10.4. The SMILES string of the molecule is CNC(=O)CCNc1nccc(C)n1. The third kappa shape index (κ3) is 3.38. The summed E-state index contributed by atoms with van der Waals surface area (Å²) in [6.45, 7) is 2.44. The van der Waals surface area contributed by atoms with E-state index in [0.29, 0.717) is 18.9 Å². The van der Waals surface area contributed by atoms with Gasteiger partial charge in [0, 0.05) is 31.9 Å². The Morgan fingerprint density at radius 1 is 1.57 bits per heavy atom. The zero-order valence-electron chi connectivity index (χ0n) is 8.37. The van der Waals surface area contributed by atoms with Crippen LogP contribution in [0, 0.1) is 6.92 Å². The van der Waals surface area contributed by atoms with Crippen molar-refractivity contribution in [3.8, 4) is 0 Å². The summed E-state index contributed by atoms with van der Waals surface area (Å²) in [7, 11) is 1.62. The third-order valence-electron chi connectivity index (χ3n) is 1.71. The minimum absolute atomic E-state index is 0.00477. The van der Waals surface area contributed by atoms with Crippen LogP contribution in [0.5, 0.6) is 0 Å². The van der Waals surface area contributed by atoms with Gasteiger partial charge in [-0.05, 0) is 13.0 Å². The average molecular weight is 194 g/mol. The number of nitrogens with zero attached hydrogens (tertiary/aromatic N) is 2. The summed E-state index contributed by atoms with van der Waals surface area (Å²) in [4.78, 5) is 19.0. The monoisotopic (exact) mass is 194 g/mol. The van der Waals surface area contributed by atoms with Crippen LogP contribution in [0.25, 0.3) is 0 Å². The molecule has 76 valence electrons. The molecule has 0 aliphatic carbocycles. The second kappa shape index (κ2) is 5.16. The van der Waals surface area contributed by atoms with Gasteiger partial charge in [-0.15, -0.1) is 0 Å². The molecular formula is C9H14N4O. The molecule has 1 aromatic rings. The van der Waals surface area contributed by atoms with Crippen LogP contribution in [0.3, 0.4) is 0 Å². The topological polar surface area (TPSA) is 66.9 Å². The number of hydrogen-bond acceptors (Lipinski definition) is 4. The van der Waals surface area contributed by atoms with Gasteiger partial charge in [0.25, 0.3) is 0 Å². The van der Waals surface area contributed by atoms with E-state index in [4.69, 9.17) is 0 Å². The molecule has 0 aliphatic rings. The molecule has 0 saturated carbocycles. The minimum Gasteiger partial charge on any atom is -0.359 e. The van der Waals surface area contributed by atoms with Gasteiger partial charge in [-0.2, -0.15) is 0 Å². The molecule has 0 radical (unpaired) electrons. The number of aryl methyl sites for hydroxylation is 1. The van der Waals surface area contributed by atoms with Crippen molar-refractivity contribution in [1.82, 2.24) is 15.3 Å². The van der Waals surface area contributed by atoms with Crippen LogP contribution in [0.4, 0.5) is 5.95 Å². The first-order valence-corrected chi connectivity index (χ1v) is 4.46. The van der Waals surface area contributed by atoms with Gasteiger partial charge in [0.2, 0.25) is 11.9 Å². The molecule has 14 heavy (non-hydrogen) atoms. The van der Waals surface area contributed by atoms with Gasteiger partial charge in [-0.3, -0.25) is 4.79 Å². The van der Waals surface area contributed by atoms with E-state index in [1.165, 1.54) is 0 Å². The maximum Gasteiger partial charge on any atom is 0.222 e. The molecule has 0 spiro atoms. The van der Waals surface area contributed by atoms with Crippen LogP contribution >= 0.6 is 0 Å². The second-order valence-corrected chi connectivity index (χ2v) is 2.87. The van der Waals surface area contributed by atoms with Crippen molar-refractivity contribution in [2.45, 2.75) is 13.3 Å². The largest absolute Gasteiger partial charge is 0.359 e. The summed E-state index contributed by atoms with van der Waals surface area (Å²) in [6.07, 6.45) is 2.11. The molecule has 0 fully saturated rings. The van der Waals surface area contributed by atoms with E-state index in [1.807, 2.05) is 13.0 Å². The smallest absolute Gasteiger partial charge is 0.222 e. The lowest BCUT2D eigenvalue weighted by molar-refractivity contribution is -0.120. The molecule has 0 atom stereocenters. The highest BCUT2D eigenvalue weighted by atomic mass is 16.1. The van der Waals surface area contributed by atoms with Crippen molar-refractivity contribution in [3.63, 3.8) is 0 Å². The first-order valence-electron chi connectivity index (χ1n) is 4.46. The van der Waals surface area contributed by atoms with E-state index >= 15 is 0 Å². The number of hydrogen-bond donors (Lipinski definition) is 2. The van der Waals surface area contributed by atoms with Crippen LogP contribution in [0.2, 0.25) is 0 Å². The molecule has 1 heterocycles. The number of carbonyl (C=O) groups is 1. The van der Waals surface area contributed by atoms with Crippen LogP contribution in [0.1, 0.15) is 12.1 Å². The quantitative estimate of drug-likeness (QED) is 0.725. The lowest BCUT2D eigenvalue weighted by Gasteiger charge is -2.03. The highest BCUT2D eigenvalue weighted by Gasteiger charge is 1.98. The summed E-state index contributed by atoms with van der Waals surface area (Å²) >= 11 is 0. The van der Waals surface area contributed by atoms with Crippen LogP contribution < -0.4 is 10.6 Å². The maximum absolute atomic E-state index is 10.9. The summed E-state index contributed by atoms with van der Waals surface area (Å²) in [5, 5.41) is 5.51. The van der Waals surface area contributed by atoms with E-state index in [2.05, 4.69) is 20.6 Å². The predicted molar refractivity (Wildman–Crippen MR) is 53.9 cm³/mol. The van der Waals surface area contributed by atoms with E-state index in [9.17, 15) is 4.79 Å². The van der Waals surface area contributed by atoms with Gasteiger partial charge in [-0.1, -0.05) is 0 Å². The van der Waals surface area contributed by atoms with Gasteiger partial charge < -0.3 is 10.6 Å². The molecule has 0 aromatic carbocycles. The van der Waals surface area contributed by atoms with Gasteiger partial charge in [-0.25, -0.2) is 9.97 Å². The predicted octanol–water partition coefficient (Wildman–Crippen LogP) is 0.333. The molecule has 2 N–H and O–H groups in total. The Bertz CT molecular complexity index is 313. The van der Waals surface area contributed by atoms with Crippen LogP contribution in [-0.2, 0) is 4.79 Å². The highest BCUT2D eigenvalue weighted by molar-refractivity contribution is 5.75. The minimum atomic E-state index is 0.00477. The number of rotatable bonds is 4. The molecule has 0 saturated heterocycles. The number of anilines is 1. The average Bonchev–Trinajstić information content (AvgIpc) is 2.17. The molecule has 0 aliphatic heterocycles. The van der Waals surface area contributed by atoms with Crippen molar-refractivity contribution in [3.05, 3.63) is 18.0 Å². The zero-order valence-corrected chi connectivity index (χ0v) is 8.37. The summed E-state index contributed by atoms with van der Waals surface area (Å²) in [6, 6.07) is 1.82. The molecule has 1 rings (SSSR count). The first-order chi connectivity index (χ1) is 6.72. The lowest BCUT2D eigenvalue weighted by Crippen LogP contribution is -2.21. The third-order valence-corrected chi connectivity index (χ3v) is 1.71. The Morgan fingerprint density at radius 2 is 2.36 bits per heavy atom. The van der Waals surface area contributed by atoms with Gasteiger partial charge >= 0.3 is 0 Å². The van der Waals surface area contributed by atoms with E-state index in [1.54, 1.807) is 13.2 Å². The van der Waals surface area contributed by atoms with Crippen LogP contribution in [0.15, 0.2) is 12.3 Å². The Balaban J connectivity index is 2.35. The number of aromatic nitrogens is 2. The Kier molecular flexibility index (Phi) is 3.84. The molecule has 1 aromatic heterocycles. The Hall–Kier alpha value is -1.65. The van der Waals surface area contributed by atoms with Gasteiger partial charge in [0.15, 0.2) is 0 Å². The highest BCUT2D eigenvalue weighted by Crippen LogP contribution is 1.98. The van der Waals surface area contributed by atoms with Gasteiger partial charge in [0.1, 0.15) is 0 Å². The number of amides is 1. The van der Waals surface area contributed by atoms with Crippen molar-refractivity contribution in [2.24, 2.45) is 0 Å². The fourth-order valence-electron chi connectivity index (χ4n) is 0.947. The molecular weight excluding hydrogens is 180 g/mol. The summed E-state index contributed by atoms with van der Waals surface area (Å²) in [5.74, 6) is 0.569. The fraction of sp³-hybridized carbons (Fsp3) is 0.444. The standard InChI is InChI=1S/C9H14N4O/c1-7-3-5-11-9(13-7)12-6-4-8(14)10-2/h3,5H,4,6H2,1-2H3,(H,10,14)(H,11,12,13). The maximum atomic E-state index is 10.9.